The molecule has 10 nitrogen and oxygen atoms in total. The summed E-state index contributed by atoms with van der Waals surface area (Å²) >= 11 is 0. The van der Waals surface area contributed by atoms with Gasteiger partial charge in [0.25, 0.3) is 0 Å². The van der Waals surface area contributed by atoms with Gasteiger partial charge in [0.15, 0.2) is 0 Å². The zero-order valence-corrected chi connectivity index (χ0v) is 27.5. The van der Waals surface area contributed by atoms with Crippen LogP contribution in [0, 0.1) is 11.8 Å². The van der Waals surface area contributed by atoms with Gasteiger partial charge in [0.1, 0.15) is 11.6 Å². The number of rotatable bonds is 17. The molecular formula is C33H62N6O4. The maximum Gasteiger partial charge on any atom is 0.150 e. The van der Waals surface area contributed by atoms with Gasteiger partial charge in [0.05, 0.1) is 26.3 Å². The van der Waals surface area contributed by atoms with E-state index in [1.807, 2.05) is 0 Å². The number of piperazine rings is 2. The topological polar surface area (TPSA) is 83.0 Å². The Morgan fingerprint density at radius 2 is 1.30 bits per heavy atom. The second-order valence-corrected chi connectivity index (χ2v) is 13.5. The highest BCUT2D eigenvalue weighted by atomic mass is 16.5. The van der Waals surface area contributed by atoms with E-state index in [2.05, 4.69) is 43.2 Å². The molecule has 0 amide bonds. The van der Waals surface area contributed by atoms with E-state index >= 15 is 0 Å². The number of aliphatic hydroxyl groups is 1. The molecule has 4 saturated heterocycles. The lowest BCUT2D eigenvalue weighted by atomic mass is 9.94. The molecule has 4 aliphatic rings. The fraction of sp³-hybridized carbons (Fsp3) is 0.939. The third kappa shape index (κ3) is 11.7. The third-order valence-electron chi connectivity index (χ3n) is 10.5. The Bertz CT molecular complexity index is 801. The molecule has 248 valence electrons. The Morgan fingerprint density at radius 3 is 1.93 bits per heavy atom. The quantitative estimate of drug-likeness (QED) is 0.242. The number of piperidine rings is 2. The van der Waals surface area contributed by atoms with Crippen LogP contribution in [0.25, 0.3) is 0 Å². The number of ketones is 2. The average molecular weight is 607 g/mol. The Kier molecular flexibility index (Phi) is 15.3. The Balaban J connectivity index is 1.07. The van der Waals surface area contributed by atoms with E-state index in [1.165, 1.54) is 25.7 Å². The van der Waals surface area contributed by atoms with Crippen LogP contribution in [0.5, 0.6) is 0 Å². The second-order valence-electron chi connectivity index (χ2n) is 13.5. The first-order chi connectivity index (χ1) is 21.0. The van der Waals surface area contributed by atoms with Crippen LogP contribution >= 0.6 is 0 Å². The molecule has 4 fully saturated rings. The van der Waals surface area contributed by atoms with E-state index in [1.54, 1.807) is 0 Å². The van der Waals surface area contributed by atoms with Crippen LogP contribution in [0.4, 0.5) is 0 Å². The molecule has 4 aliphatic heterocycles. The molecule has 0 bridgehead atoms. The fourth-order valence-corrected chi connectivity index (χ4v) is 7.59. The number of hydrogen-bond donors (Lipinski definition) is 1. The molecule has 1 N–H and O–H groups in total. The normalized spacial score (nSPS) is 24.4. The summed E-state index contributed by atoms with van der Waals surface area (Å²) in [5.41, 5.74) is 0. The summed E-state index contributed by atoms with van der Waals surface area (Å²) in [5, 5.41) is 9.16. The molecule has 4 heterocycles. The van der Waals surface area contributed by atoms with Crippen molar-refractivity contribution in [3.05, 3.63) is 0 Å². The highest BCUT2D eigenvalue weighted by Gasteiger charge is 2.30. The number of β-amino-alcohol motifs (C(OH)–C–C–N with tert-alkyl or cyclic N) is 1. The standard InChI is InChI=1S/C33H62N6O4/c1-3-30(33(42)28-38-15-13-36(14-16-38)26-29-5-9-34(10-6-29)21-23-40)25-32(41)27-37-17-19-39(20-18-37)31-7-11-35(12-8-31)22-24-43-4-2/h29-31,40H,3-28H2,1-2H3. The molecule has 0 aromatic rings. The maximum absolute atomic E-state index is 13.2. The smallest absolute Gasteiger partial charge is 0.150 e. The third-order valence-corrected chi connectivity index (χ3v) is 10.5. The summed E-state index contributed by atoms with van der Waals surface area (Å²) in [6.45, 7) is 22.4. The van der Waals surface area contributed by atoms with Gasteiger partial charge in [-0.25, -0.2) is 0 Å². The lowest BCUT2D eigenvalue weighted by molar-refractivity contribution is -0.129. The van der Waals surface area contributed by atoms with E-state index < -0.39 is 0 Å². The first-order valence-corrected chi connectivity index (χ1v) is 17.6. The maximum atomic E-state index is 13.2. The van der Waals surface area contributed by atoms with Gasteiger partial charge in [-0.05, 0) is 71.1 Å². The fourth-order valence-electron chi connectivity index (χ4n) is 7.59. The predicted octanol–water partition coefficient (Wildman–Crippen LogP) is 0.981. The molecule has 0 spiro atoms. The van der Waals surface area contributed by atoms with Gasteiger partial charge in [-0.1, -0.05) is 6.92 Å². The minimum absolute atomic E-state index is 0.149. The van der Waals surface area contributed by atoms with Crippen LogP contribution < -0.4 is 0 Å². The molecule has 0 saturated carbocycles. The van der Waals surface area contributed by atoms with Crippen LogP contribution in [-0.4, -0.2) is 183 Å². The molecule has 0 radical (unpaired) electrons. The van der Waals surface area contributed by atoms with E-state index in [9.17, 15) is 9.59 Å². The van der Waals surface area contributed by atoms with Crippen molar-refractivity contribution in [1.82, 2.24) is 29.4 Å². The summed E-state index contributed by atoms with van der Waals surface area (Å²) in [4.78, 5) is 41.0. The first kappa shape index (κ1) is 34.9. The number of hydrogen-bond acceptors (Lipinski definition) is 10. The zero-order valence-electron chi connectivity index (χ0n) is 27.5. The molecule has 0 aromatic carbocycles. The number of nitrogens with zero attached hydrogens (tertiary/aromatic N) is 6. The van der Waals surface area contributed by atoms with E-state index in [4.69, 9.17) is 9.84 Å². The van der Waals surface area contributed by atoms with Gasteiger partial charge in [-0.15, -0.1) is 0 Å². The van der Waals surface area contributed by atoms with Crippen LogP contribution in [0.2, 0.25) is 0 Å². The average Bonchev–Trinajstić information content (AvgIpc) is 3.03. The van der Waals surface area contributed by atoms with Crippen molar-refractivity contribution in [3.8, 4) is 0 Å². The second kappa shape index (κ2) is 18.9. The highest BCUT2D eigenvalue weighted by Crippen LogP contribution is 2.21. The monoisotopic (exact) mass is 606 g/mol. The van der Waals surface area contributed by atoms with Crippen molar-refractivity contribution >= 4 is 11.6 Å². The molecule has 10 heteroatoms. The molecule has 43 heavy (non-hydrogen) atoms. The van der Waals surface area contributed by atoms with Gasteiger partial charge < -0.3 is 24.5 Å². The lowest BCUT2D eigenvalue weighted by Crippen LogP contribution is -2.54. The van der Waals surface area contributed by atoms with Crippen molar-refractivity contribution in [2.45, 2.75) is 58.4 Å². The van der Waals surface area contributed by atoms with Crippen LogP contribution in [0.15, 0.2) is 0 Å². The zero-order chi connectivity index (χ0) is 30.4. The minimum atomic E-state index is -0.149. The lowest BCUT2D eigenvalue weighted by Gasteiger charge is -2.42. The highest BCUT2D eigenvalue weighted by molar-refractivity contribution is 5.89. The molecule has 0 aromatic heterocycles. The largest absolute Gasteiger partial charge is 0.395 e. The predicted molar refractivity (Wildman–Crippen MR) is 172 cm³/mol. The summed E-state index contributed by atoms with van der Waals surface area (Å²) in [6.07, 6.45) is 6.03. The molecule has 4 rings (SSSR count). The van der Waals surface area contributed by atoms with Crippen molar-refractivity contribution in [3.63, 3.8) is 0 Å². The number of likely N-dealkylation sites (tertiary alicyclic amines) is 2. The van der Waals surface area contributed by atoms with E-state index in [0.717, 1.165) is 124 Å². The summed E-state index contributed by atoms with van der Waals surface area (Å²) < 4.78 is 5.52. The summed E-state index contributed by atoms with van der Waals surface area (Å²) in [6, 6.07) is 0.667. The molecule has 1 atom stereocenters. The van der Waals surface area contributed by atoms with Crippen molar-refractivity contribution in [2.75, 3.05) is 131 Å². The van der Waals surface area contributed by atoms with Crippen molar-refractivity contribution < 1.29 is 19.4 Å². The number of carbonyl (C=O) groups is 2. The van der Waals surface area contributed by atoms with E-state index in [-0.39, 0.29) is 24.1 Å². The molecule has 0 aliphatic carbocycles. The Hall–Kier alpha value is -0.980. The molecular weight excluding hydrogens is 544 g/mol. The van der Waals surface area contributed by atoms with E-state index in [0.29, 0.717) is 25.6 Å². The van der Waals surface area contributed by atoms with Crippen LogP contribution in [0.1, 0.15) is 52.4 Å². The Morgan fingerprint density at radius 1 is 0.721 bits per heavy atom. The number of ether oxygens (including phenoxy) is 1. The summed E-state index contributed by atoms with van der Waals surface area (Å²) in [5.74, 6) is 1.07. The van der Waals surface area contributed by atoms with Crippen LogP contribution in [0.3, 0.4) is 0 Å². The first-order valence-electron chi connectivity index (χ1n) is 17.6. The van der Waals surface area contributed by atoms with Crippen molar-refractivity contribution in [1.29, 1.82) is 0 Å². The minimum Gasteiger partial charge on any atom is -0.395 e. The Labute approximate surface area is 261 Å². The van der Waals surface area contributed by atoms with Gasteiger partial charge in [0, 0.05) is 97.0 Å². The van der Waals surface area contributed by atoms with Gasteiger partial charge in [-0.3, -0.25) is 24.3 Å². The van der Waals surface area contributed by atoms with Gasteiger partial charge in [0.2, 0.25) is 0 Å². The number of carbonyl (C=O) groups excluding carboxylic acids is 2. The summed E-state index contributed by atoms with van der Waals surface area (Å²) in [7, 11) is 0. The van der Waals surface area contributed by atoms with Gasteiger partial charge in [-0.2, -0.15) is 0 Å². The van der Waals surface area contributed by atoms with Crippen molar-refractivity contribution in [2.24, 2.45) is 11.8 Å². The van der Waals surface area contributed by atoms with Gasteiger partial charge >= 0.3 is 0 Å². The SMILES string of the molecule is CCOCCN1CCC(N2CCN(CC(=O)CC(CC)C(=O)CN3CCN(CC4CCN(CCO)CC4)CC3)CC2)CC1. The van der Waals surface area contributed by atoms with Crippen LogP contribution in [-0.2, 0) is 14.3 Å². The number of aliphatic hydroxyl groups excluding tert-OH is 1. The molecule has 1 unspecified atom stereocenters. The number of Topliss-reactive ketones (excluding diaryl/α,β-unsaturated/α-hetero) is 2.